The van der Waals surface area contributed by atoms with E-state index in [-0.39, 0.29) is 11.9 Å². The predicted molar refractivity (Wildman–Crippen MR) is 60.6 cm³/mol. The van der Waals surface area contributed by atoms with Crippen LogP contribution in [0.1, 0.15) is 39.5 Å². The van der Waals surface area contributed by atoms with Crippen LogP contribution in [0, 0.1) is 17.2 Å². The molecular formula is C12H20N2O2. The van der Waals surface area contributed by atoms with Gasteiger partial charge in [0.2, 0.25) is 5.91 Å². The second kappa shape index (κ2) is 6.49. The van der Waals surface area contributed by atoms with Gasteiger partial charge in [0.15, 0.2) is 0 Å². The fraction of sp³-hybridized carbons (Fsp3) is 0.833. The Morgan fingerprint density at radius 2 is 2.31 bits per heavy atom. The van der Waals surface area contributed by atoms with Crippen LogP contribution < -0.4 is 5.32 Å². The Kier molecular flexibility index (Phi) is 5.27. The molecule has 1 aliphatic rings. The standard InChI is InChI=1S/C12H20N2O2/c1-3-16-11-6-10(7-11)8-12(15)14-9(2)4-5-13/h9-11H,3-4,6-8H2,1-2H3,(H,14,15). The van der Waals surface area contributed by atoms with Crippen molar-refractivity contribution >= 4 is 5.91 Å². The second-order valence-electron chi connectivity index (χ2n) is 4.45. The number of nitrogens with one attached hydrogen (secondary N) is 1. The maximum Gasteiger partial charge on any atom is 0.220 e. The Morgan fingerprint density at radius 1 is 1.62 bits per heavy atom. The second-order valence-corrected chi connectivity index (χ2v) is 4.45. The topological polar surface area (TPSA) is 62.1 Å². The van der Waals surface area contributed by atoms with E-state index in [0.29, 0.717) is 24.9 Å². The van der Waals surface area contributed by atoms with Gasteiger partial charge in [0.25, 0.3) is 0 Å². The number of hydrogen-bond donors (Lipinski definition) is 1. The molecule has 0 aromatic rings. The molecule has 0 bridgehead atoms. The largest absolute Gasteiger partial charge is 0.378 e. The predicted octanol–water partition coefficient (Wildman–Crippen LogP) is 1.61. The lowest BCUT2D eigenvalue weighted by atomic mass is 9.80. The first-order valence-electron chi connectivity index (χ1n) is 5.93. The highest BCUT2D eigenvalue weighted by Crippen LogP contribution is 2.32. The lowest BCUT2D eigenvalue weighted by Crippen LogP contribution is -2.38. The van der Waals surface area contributed by atoms with Crippen LogP contribution in [0.5, 0.6) is 0 Å². The molecule has 1 aliphatic carbocycles. The molecular weight excluding hydrogens is 204 g/mol. The molecule has 1 unspecified atom stereocenters. The maximum atomic E-state index is 11.5. The highest BCUT2D eigenvalue weighted by Gasteiger charge is 2.31. The number of hydrogen-bond acceptors (Lipinski definition) is 3. The Balaban J connectivity index is 2.10. The molecule has 0 aliphatic heterocycles. The fourth-order valence-corrected chi connectivity index (χ4v) is 2.00. The number of nitrogens with zero attached hydrogens (tertiary/aromatic N) is 1. The molecule has 1 atom stereocenters. The van der Waals surface area contributed by atoms with Gasteiger partial charge in [-0.3, -0.25) is 4.79 Å². The Morgan fingerprint density at radius 3 is 2.88 bits per heavy atom. The van der Waals surface area contributed by atoms with Crippen LogP contribution in [-0.2, 0) is 9.53 Å². The molecule has 4 nitrogen and oxygen atoms in total. The van der Waals surface area contributed by atoms with E-state index >= 15 is 0 Å². The quantitative estimate of drug-likeness (QED) is 0.745. The van der Waals surface area contributed by atoms with E-state index in [2.05, 4.69) is 5.32 Å². The molecule has 0 spiro atoms. The van der Waals surface area contributed by atoms with Crippen LogP contribution >= 0.6 is 0 Å². The third kappa shape index (κ3) is 4.19. The molecule has 4 heteroatoms. The zero-order chi connectivity index (χ0) is 12.0. The van der Waals surface area contributed by atoms with Crippen molar-refractivity contribution in [2.75, 3.05) is 6.61 Å². The summed E-state index contributed by atoms with van der Waals surface area (Å²) in [7, 11) is 0. The summed E-state index contributed by atoms with van der Waals surface area (Å²) in [5.41, 5.74) is 0. The van der Waals surface area contributed by atoms with Gasteiger partial charge in [0, 0.05) is 19.1 Å². The molecule has 1 rings (SSSR count). The van der Waals surface area contributed by atoms with Crippen LogP contribution in [0.2, 0.25) is 0 Å². The average molecular weight is 224 g/mol. The third-order valence-corrected chi connectivity index (χ3v) is 2.87. The zero-order valence-electron chi connectivity index (χ0n) is 10.0. The minimum atomic E-state index is -0.0414. The number of ether oxygens (including phenoxy) is 1. The molecule has 0 aromatic heterocycles. The fourth-order valence-electron chi connectivity index (χ4n) is 2.00. The van der Waals surface area contributed by atoms with Gasteiger partial charge < -0.3 is 10.1 Å². The minimum Gasteiger partial charge on any atom is -0.378 e. The molecule has 0 aromatic carbocycles. The molecule has 1 fully saturated rings. The molecule has 16 heavy (non-hydrogen) atoms. The summed E-state index contributed by atoms with van der Waals surface area (Å²) in [6, 6.07) is 2.00. The lowest BCUT2D eigenvalue weighted by molar-refractivity contribution is -0.124. The van der Waals surface area contributed by atoms with Gasteiger partial charge in [-0.05, 0) is 32.6 Å². The zero-order valence-corrected chi connectivity index (χ0v) is 10.0. The number of rotatable bonds is 6. The number of amides is 1. The number of nitriles is 1. The lowest BCUT2D eigenvalue weighted by Gasteiger charge is -2.34. The molecule has 0 radical (unpaired) electrons. The molecule has 1 N–H and O–H groups in total. The summed E-state index contributed by atoms with van der Waals surface area (Å²) < 4.78 is 5.43. The van der Waals surface area contributed by atoms with Crippen molar-refractivity contribution in [1.29, 1.82) is 5.26 Å². The van der Waals surface area contributed by atoms with E-state index in [1.54, 1.807) is 0 Å². The van der Waals surface area contributed by atoms with Crippen molar-refractivity contribution in [3.63, 3.8) is 0 Å². The molecule has 0 saturated heterocycles. The summed E-state index contributed by atoms with van der Waals surface area (Å²) in [4.78, 5) is 11.5. The van der Waals surface area contributed by atoms with Crippen LogP contribution in [0.15, 0.2) is 0 Å². The summed E-state index contributed by atoms with van der Waals surface area (Å²) in [6.07, 6.45) is 3.29. The van der Waals surface area contributed by atoms with Gasteiger partial charge >= 0.3 is 0 Å². The van der Waals surface area contributed by atoms with E-state index in [9.17, 15) is 4.79 Å². The number of carbonyl (C=O) groups excluding carboxylic acids is 1. The first-order valence-corrected chi connectivity index (χ1v) is 5.93. The Bertz CT molecular complexity index is 267. The third-order valence-electron chi connectivity index (χ3n) is 2.87. The SMILES string of the molecule is CCOC1CC(CC(=O)NC(C)CC#N)C1. The van der Waals surface area contributed by atoms with Crippen molar-refractivity contribution < 1.29 is 9.53 Å². The first kappa shape index (κ1) is 13.0. The van der Waals surface area contributed by atoms with Gasteiger partial charge in [-0.1, -0.05) is 0 Å². The summed E-state index contributed by atoms with van der Waals surface area (Å²) >= 11 is 0. The Labute approximate surface area is 97.0 Å². The monoisotopic (exact) mass is 224 g/mol. The molecule has 0 heterocycles. The Hall–Kier alpha value is -1.08. The van der Waals surface area contributed by atoms with Gasteiger partial charge in [-0.2, -0.15) is 5.26 Å². The smallest absolute Gasteiger partial charge is 0.220 e. The van der Waals surface area contributed by atoms with Gasteiger partial charge in [0.05, 0.1) is 18.6 Å². The van der Waals surface area contributed by atoms with Crippen molar-refractivity contribution in [2.24, 2.45) is 5.92 Å². The first-order chi connectivity index (χ1) is 7.65. The van der Waals surface area contributed by atoms with Crippen molar-refractivity contribution in [3.05, 3.63) is 0 Å². The highest BCUT2D eigenvalue weighted by atomic mass is 16.5. The summed E-state index contributed by atoms with van der Waals surface area (Å²) in [6.45, 7) is 4.59. The summed E-state index contributed by atoms with van der Waals surface area (Å²) in [5.74, 6) is 0.522. The molecule has 1 saturated carbocycles. The van der Waals surface area contributed by atoms with Crippen molar-refractivity contribution in [2.45, 2.75) is 51.7 Å². The van der Waals surface area contributed by atoms with E-state index in [1.165, 1.54) is 0 Å². The van der Waals surface area contributed by atoms with E-state index < -0.39 is 0 Å². The molecule has 90 valence electrons. The average Bonchev–Trinajstić information content (AvgIpc) is 2.14. The van der Waals surface area contributed by atoms with Crippen LogP contribution in [0.4, 0.5) is 0 Å². The maximum absolute atomic E-state index is 11.5. The van der Waals surface area contributed by atoms with Crippen LogP contribution in [0.3, 0.4) is 0 Å². The van der Waals surface area contributed by atoms with Crippen molar-refractivity contribution in [3.8, 4) is 6.07 Å². The van der Waals surface area contributed by atoms with E-state index in [1.807, 2.05) is 19.9 Å². The normalized spacial score (nSPS) is 25.3. The van der Waals surface area contributed by atoms with Gasteiger partial charge in [-0.25, -0.2) is 0 Å². The van der Waals surface area contributed by atoms with E-state index in [0.717, 1.165) is 19.4 Å². The van der Waals surface area contributed by atoms with Crippen LogP contribution in [-0.4, -0.2) is 24.7 Å². The molecule has 1 amide bonds. The van der Waals surface area contributed by atoms with Gasteiger partial charge in [0.1, 0.15) is 0 Å². The minimum absolute atomic E-state index is 0.0414. The summed E-state index contributed by atoms with van der Waals surface area (Å²) in [5, 5.41) is 11.3. The van der Waals surface area contributed by atoms with Crippen molar-refractivity contribution in [1.82, 2.24) is 5.32 Å². The van der Waals surface area contributed by atoms with Gasteiger partial charge in [-0.15, -0.1) is 0 Å². The van der Waals surface area contributed by atoms with E-state index in [4.69, 9.17) is 10.00 Å². The number of carbonyl (C=O) groups is 1. The highest BCUT2D eigenvalue weighted by molar-refractivity contribution is 5.76. The van der Waals surface area contributed by atoms with Crippen LogP contribution in [0.25, 0.3) is 0 Å².